The second-order valence-corrected chi connectivity index (χ2v) is 4.28. The molecule has 1 heterocycles. The molecule has 1 nitrogen and oxygen atoms in total. The number of nitrogens with zero attached hydrogens (tertiary/aromatic N) is 1. The van der Waals surface area contributed by atoms with Crippen LogP contribution in [0, 0.1) is 0 Å². The minimum atomic E-state index is 0.878. The van der Waals surface area contributed by atoms with Crippen LogP contribution >= 0.6 is 12.6 Å². The summed E-state index contributed by atoms with van der Waals surface area (Å²) in [5.74, 6) is 0.878. The molecule has 2 aromatic rings. The molecule has 0 N–H and O–H groups in total. The van der Waals surface area contributed by atoms with E-state index in [2.05, 4.69) is 72.1 Å². The zero-order valence-corrected chi connectivity index (χ0v) is 10.1. The Labute approximate surface area is 102 Å². The molecule has 0 aliphatic rings. The van der Waals surface area contributed by atoms with Crippen LogP contribution in [0.4, 0.5) is 0 Å². The Kier molecular flexibility index (Phi) is 4.00. The van der Waals surface area contributed by atoms with Crippen LogP contribution in [0.5, 0.6) is 0 Å². The number of aryl methyl sites for hydroxylation is 1. The lowest BCUT2D eigenvalue weighted by Crippen LogP contribution is -2.33. The van der Waals surface area contributed by atoms with Crippen molar-refractivity contribution < 1.29 is 4.57 Å². The van der Waals surface area contributed by atoms with Crippen molar-refractivity contribution in [3.8, 4) is 0 Å². The molecule has 1 aromatic heterocycles. The van der Waals surface area contributed by atoms with Gasteiger partial charge in [0.1, 0.15) is 0 Å². The lowest BCUT2D eigenvalue weighted by atomic mass is 10.1. The van der Waals surface area contributed by atoms with Gasteiger partial charge in [0.25, 0.3) is 0 Å². The first kappa shape index (κ1) is 11.2. The average Bonchev–Trinajstić information content (AvgIpc) is 2.33. The Morgan fingerprint density at radius 1 is 0.875 bits per heavy atom. The highest BCUT2D eigenvalue weighted by Crippen LogP contribution is 2.06. The molecule has 0 saturated carbocycles. The molecular formula is C14H16NS+. The van der Waals surface area contributed by atoms with Crippen LogP contribution < -0.4 is 4.57 Å². The van der Waals surface area contributed by atoms with Crippen LogP contribution in [0.3, 0.4) is 0 Å². The third kappa shape index (κ3) is 3.11. The quantitative estimate of drug-likeness (QED) is 0.608. The summed E-state index contributed by atoms with van der Waals surface area (Å²) in [6.45, 7) is 0.967. The van der Waals surface area contributed by atoms with Crippen LogP contribution in [0.15, 0.2) is 54.9 Å². The molecule has 1 aromatic carbocycles. The molecule has 16 heavy (non-hydrogen) atoms. The molecule has 0 fully saturated rings. The van der Waals surface area contributed by atoms with Crippen molar-refractivity contribution in [2.75, 3.05) is 5.75 Å². The Morgan fingerprint density at radius 2 is 1.50 bits per heavy atom. The van der Waals surface area contributed by atoms with E-state index in [1.165, 1.54) is 11.1 Å². The van der Waals surface area contributed by atoms with E-state index in [0.29, 0.717) is 0 Å². The Hall–Kier alpha value is -1.28. The number of pyridine rings is 1. The molecule has 0 aliphatic carbocycles. The van der Waals surface area contributed by atoms with Gasteiger partial charge in [-0.25, -0.2) is 4.57 Å². The fourth-order valence-corrected chi connectivity index (χ4v) is 1.93. The minimum absolute atomic E-state index is 0.878. The molecular weight excluding hydrogens is 214 g/mol. The number of benzene rings is 1. The fraction of sp³-hybridized carbons (Fsp3) is 0.214. The van der Waals surface area contributed by atoms with Crippen LogP contribution in [-0.4, -0.2) is 5.75 Å². The van der Waals surface area contributed by atoms with E-state index in [0.717, 1.165) is 18.7 Å². The zero-order chi connectivity index (χ0) is 11.2. The van der Waals surface area contributed by atoms with E-state index < -0.39 is 0 Å². The predicted octanol–water partition coefficient (Wildman–Crippen LogP) is 2.49. The minimum Gasteiger partial charge on any atom is -0.204 e. The van der Waals surface area contributed by atoms with Crippen molar-refractivity contribution in [3.05, 3.63) is 66.0 Å². The summed E-state index contributed by atoms with van der Waals surface area (Å²) in [6.07, 6.45) is 5.24. The second-order valence-electron chi connectivity index (χ2n) is 3.83. The molecule has 2 rings (SSSR count). The van der Waals surface area contributed by atoms with Crippen molar-refractivity contribution in [2.45, 2.75) is 13.0 Å². The van der Waals surface area contributed by atoms with Crippen molar-refractivity contribution in [2.24, 2.45) is 0 Å². The summed E-state index contributed by atoms with van der Waals surface area (Å²) >= 11 is 4.22. The van der Waals surface area contributed by atoms with Gasteiger partial charge < -0.3 is 0 Å². The Balaban J connectivity index is 2.05. The van der Waals surface area contributed by atoms with Crippen LogP contribution in [-0.2, 0) is 13.0 Å². The van der Waals surface area contributed by atoms with E-state index in [4.69, 9.17) is 0 Å². The summed E-state index contributed by atoms with van der Waals surface area (Å²) in [6, 6.07) is 14.9. The number of hydrogen-bond donors (Lipinski definition) is 1. The Morgan fingerprint density at radius 3 is 2.12 bits per heavy atom. The monoisotopic (exact) mass is 230 g/mol. The lowest BCUT2D eigenvalue weighted by Gasteiger charge is -2.00. The summed E-state index contributed by atoms with van der Waals surface area (Å²) in [4.78, 5) is 0. The molecule has 82 valence electrons. The third-order valence-electron chi connectivity index (χ3n) is 2.57. The molecule has 2 heteroatoms. The summed E-state index contributed by atoms with van der Waals surface area (Å²) in [5, 5.41) is 0. The predicted molar refractivity (Wildman–Crippen MR) is 69.7 cm³/mol. The smallest absolute Gasteiger partial charge is 0.169 e. The van der Waals surface area contributed by atoms with Crippen molar-refractivity contribution >= 4 is 12.6 Å². The van der Waals surface area contributed by atoms with Crippen molar-refractivity contribution in [1.82, 2.24) is 0 Å². The number of rotatable bonds is 4. The average molecular weight is 230 g/mol. The fourth-order valence-electron chi connectivity index (χ4n) is 1.70. The first-order valence-corrected chi connectivity index (χ1v) is 6.14. The van der Waals surface area contributed by atoms with Crippen LogP contribution in [0.2, 0.25) is 0 Å². The van der Waals surface area contributed by atoms with E-state index in [1.54, 1.807) is 0 Å². The molecule has 0 spiro atoms. The van der Waals surface area contributed by atoms with Gasteiger partial charge in [-0.15, -0.1) is 0 Å². The van der Waals surface area contributed by atoms with Gasteiger partial charge in [-0.3, -0.25) is 0 Å². The molecule has 0 saturated heterocycles. The summed E-state index contributed by atoms with van der Waals surface area (Å²) in [5.41, 5.74) is 2.70. The van der Waals surface area contributed by atoms with Gasteiger partial charge in [-0.05, 0) is 17.5 Å². The highest BCUT2D eigenvalue weighted by molar-refractivity contribution is 7.80. The summed E-state index contributed by atoms with van der Waals surface area (Å²) < 4.78 is 2.15. The van der Waals surface area contributed by atoms with Gasteiger partial charge in [0.05, 0.1) is 0 Å². The van der Waals surface area contributed by atoms with E-state index in [1.807, 2.05) is 0 Å². The van der Waals surface area contributed by atoms with Crippen LogP contribution in [0.1, 0.15) is 11.1 Å². The highest BCUT2D eigenvalue weighted by atomic mass is 32.1. The lowest BCUT2D eigenvalue weighted by molar-refractivity contribution is -0.692. The van der Waals surface area contributed by atoms with Crippen molar-refractivity contribution in [1.29, 1.82) is 0 Å². The molecule has 0 bridgehead atoms. The molecule has 0 atom stereocenters. The van der Waals surface area contributed by atoms with E-state index in [9.17, 15) is 0 Å². The third-order valence-corrected chi connectivity index (χ3v) is 2.77. The SMILES string of the molecule is SCC[n+]1ccc(Cc2ccccc2)cc1. The maximum atomic E-state index is 4.22. The number of aromatic nitrogens is 1. The molecule has 0 amide bonds. The standard InChI is InChI=1S/C14H15NS/c16-11-10-15-8-6-14(7-9-15)12-13-4-2-1-3-5-13/h1-9H,10-12H2/p+1. The first-order chi connectivity index (χ1) is 7.88. The van der Waals surface area contributed by atoms with E-state index in [-0.39, 0.29) is 0 Å². The van der Waals surface area contributed by atoms with E-state index >= 15 is 0 Å². The molecule has 0 aliphatic heterocycles. The Bertz CT molecular complexity index is 422. The zero-order valence-electron chi connectivity index (χ0n) is 9.21. The normalized spacial score (nSPS) is 10.3. The first-order valence-electron chi connectivity index (χ1n) is 5.51. The van der Waals surface area contributed by atoms with Gasteiger partial charge in [0, 0.05) is 17.9 Å². The van der Waals surface area contributed by atoms with Gasteiger partial charge in [0.15, 0.2) is 18.9 Å². The second kappa shape index (κ2) is 5.71. The maximum absolute atomic E-state index is 4.22. The summed E-state index contributed by atoms with van der Waals surface area (Å²) in [7, 11) is 0. The number of thiol groups is 1. The highest BCUT2D eigenvalue weighted by Gasteiger charge is 2.00. The molecule has 0 radical (unpaired) electrons. The van der Waals surface area contributed by atoms with Gasteiger partial charge in [-0.1, -0.05) is 30.3 Å². The number of hydrogen-bond acceptors (Lipinski definition) is 1. The van der Waals surface area contributed by atoms with Gasteiger partial charge in [-0.2, -0.15) is 12.6 Å². The largest absolute Gasteiger partial charge is 0.204 e. The van der Waals surface area contributed by atoms with Crippen LogP contribution in [0.25, 0.3) is 0 Å². The maximum Gasteiger partial charge on any atom is 0.169 e. The van der Waals surface area contributed by atoms with Gasteiger partial charge >= 0.3 is 0 Å². The molecule has 0 unspecified atom stereocenters. The van der Waals surface area contributed by atoms with Gasteiger partial charge in [0.2, 0.25) is 0 Å². The van der Waals surface area contributed by atoms with Crippen molar-refractivity contribution in [3.63, 3.8) is 0 Å². The topological polar surface area (TPSA) is 3.88 Å².